The van der Waals surface area contributed by atoms with Gasteiger partial charge in [0.1, 0.15) is 0 Å². The smallest absolute Gasteiger partial charge is 0.339 e. The Morgan fingerprint density at radius 1 is 1.32 bits per heavy atom. The predicted octanol–water partition coefficient (Wildman–Crippen LogP) is 3.29. The van der Waals surface area contributed by atoms with Crippen molar-refractivity contribution in [2.45, 2.75) is 6.92 Å². The number of hydrogen-bond acceptors (Lipinski definition) is 4. The first-order chi connectivity index (χ1) is 10.3. The number of esters is 1. The van der Waals surface area contributed by atoms with E-state index in [0.717, 1.165) is 5.69 Å². The largest absolute Gasteiger partial charge is 0.465 e. The minimum atomic E-state index is -0.488. The van der Waals surface area contributed by atoms with Crippen molar-refractivity contribution < 1.29 is 14.3 Å². The molecule has 0 saturated heterocycles. The van der Waals surface area contributed by atoms with Gasteiger partial charge in [0, 0.05) is 17.2 Å². The second kappa shape index (κ2) is 6.62. The van der Waals surface area contributed by atoms with Gasteiger partial charge in [-0.1, -0.05) is 0 Å². The molecule has 116 valence electrons. The number of ether oxygens (including phenoxy) is 1. The van der Waals surface area contributed by atoms with Crippen LogP contribution in [-0.2, 0) is 11.8 Å². The molecule has 0 aliphatic carbocycles. The fraction of sp³-hybridized carbons (Fsp3) is 0.214. The number of aryl methyl sites for hydroxylation is 1. The van der Waals surface area contributed by atoms with Gasteiger partial charge < -0.3 is 10.1 Å². The molecule has 2 aromatic rings. The molecule has 1 amide bonds. The molecule has 0 radical (unpaired) electrons. The van der Waals surface area contributed by atoms with Crippen LogP contribution in [0.25, 0.3) is 0 Å². The lowest BCUT2D eigenvalue weighted by atomic mass is 10.2. The lowest BCUT2D eigenvalue weighted by molar-refractivity contribution is 0.0599. The number of halogens is 2. The van der Waals surface area contributed by atoms with Crippen LogP contribution in [0.1, 0.15) is 26.5 Å². The maximum absolute atomic E-state index is 12.3. The highest BCUT2D eigenvalue weighted by Crippen LogP contribution is 2.24. The van der Waals surface area contributed by atoms with Crippen molar-refractivity contribution in [3.05, 3.63) is 44.1 Å². The normalized spacial score (nSPS) is 10.4. The van der Waals surface area contributed by atoms with Gasteiger partial charge in [-0.05, 0) is 57.0 Å². The Balaban J connectivity index is 2.29. The second-order valence-corrected chi connectivity index (χ2v) is 6.16. The summed E-state index contributed by atoms with van der Waals surface area (Å²) in [5.41, 5.74) is 1.93. The second-order valence-electron chi connectivity index (χ2n) is 4.51. The molecule has 2 rings (SSSR count). The molecule has 0 aliphatic rings. The first-order valence-electron chi connectivity index (χ1n) is 6.23. The summed E-state index contributed by atoms with van der Waals surface area (Å²) >= 11 is 6.62. The van der Waals surface area contributed by atoms with Gasteiger partial charge in [-0.3, -0.25) is 9.48 Å². The van der Waals surface area contributed by atoms with Gasteiger partial charge >= 0.3 is 5.97 Å². The molecule has 8 heteroatoms. The maximum atomic E-state index is 12.3. The van der Waals surface area contributed by atoms with Gasteiger partial charge in [-0.2, -0.15) is 5.10 Å². The third-order valence-electron chi connectivity index (χ3n) is 3.11. The van der Waals surface area contributed by atoms with Crippen LogP contribution in [0.3, 0.4) is 0 Å². The van der Waals surface area contributed by atoms with E-state index >= 15 is 0 Å². The molecule has 0 bridgehead atoms. The van der Waals surface area contributed by atoms with Crippen molar-refractivity contribution in [1.29, 1.82) is 0 Å². The SMILES string of the molecule is COC(=O)c1cc(NC(=O)c2nn(C)c(C)c2Br)ccc1Br. The Morgan fingerprint density at radius 3 is 2.55 bits per heavy atom. The number of carbonyl (C=O) groups excluding carboxylic acids is 2. The van der Waals surface area contributed by atoms with Gasteiger partial charge in [0.15, 0.2) is 5.69 Å². The number of amides is 1. The molecule has 1 aromatic carbocycles. The summed E-state index contributed by atoms with van der Waals surface area (Å²) in [6.07, 6.45) is 0. The van der Waals surface area contributed by atoms with Crippen molar-refractivity contribution >= 4 is 49.4 Å². The third kappa shape index (κ3) is 3.22. The van der Waals surface area contributed by atoms with Gasteiger partial charge in [-0.25, -0.2) is 4.79 Å². The van der Waals surface area contributed by atoms with E-state index in [1.54, 1.807) is 23.9 Å². The summed E-state index contributed by atoms with van der Waals surface area (Å²) in [7, 11) is 3.06. The number of nitrogens with one attached hydrogen (secondary N) is 1. The number of carbonyl (C=O) groups is 2. The molecule has 0 saturated carbocycles. The number of rotatable bonds is 3. The monoisotopic (exact) mass is 429 g/mol. The molecular weight excluding hydrogens is 418 g/mol. The van der Waals surface area contributed by atoms with E-state index < -0.39 is 5.97 Å². The minimum Gasteiger partial charge on any atom is -0.465 e. The van der Waals surface area contributed by atoms with Crippen molar-refractivity contribution in [1.82, 2.24) is 9.78 Å². The fourth-order valence-corrected chi connectivity index (χ4v) is 2.71. The van der Waals surface area contributed by atoms with Crippen LogP contribution in [0.15, 0.2) is 27.1 Å². The predicted molar refractivity (Wildman–Crippen MR) is 89.1 cm³/mol. The Bertz CT molecular complexity index is 756. The standard InChI is InChI=1S/C14H13Br2N3O3/c1-7-11(16)12(18-19(7)2)13(20)17-8-4-5-10(15)9(6-8)14(21)22-3/h4-6H,1-3H3,(H,17,20). The van der Waals surface area contributed by atoms with Gasteiger partial charge in [-0.15, -0.1) is 0 Å². The highest BCUT2D eigenvalue weighted by atomic mass is 79.9. The molecule has 0 spiro atoms. The fourth-order valence-electron chi connectivity index (χ4n) is 1.79. The van der Waals surface area contributed by atoms with Crippen molar-refractivity contribution in [2.24, 2.45) is 7.05 Å². The van der Waals surface area contributed by atoms with E-state index in [0.29, 0.717) is 20.2 Å². The Labute approximate surface area is 144 Å². The molecular formula is C14H13Br2N3O3. The highest BCUT2D eigenvalue weighted by molar-refractivity contribution is 9.10. The van der Waals surface area contributed by atoms with Crippen LogP contribution >= 0.6 is 31.9 Å². The zero-order chi connectivity index (χ0) is 16.4. The number of aromatic nitrogens is 2. The lowest BCUT2D eigenvalue weighted by Gasteiger charge is -2.07. The average molecular weight is 431 g/mol. The Morgan fingerprint density at radius 2 is 2.00 bits per heavy atom. The van der Waals surface area contributed by atoms with Crippen LogP contribution in [0.4, 0.5) is 5.69 Å². The van der Waals surface area contributed by atoms with Gasteiger partial charge in [0.2, 0.25) is 0 Å². The van der Waals surface area contributed by atoms with E-state index in [1.165, 1.54) is 13.2 Å². The maximum Gasteiger partial charge on any atom is 0.339 e. The van der Waals surface area contributed by atoms with E-state index in [-0.39, 0.29) is 11.6 Å². The topological polar surface area (TPSA) is 73.2 Å². The molecule has 0 aliphatic heterocycles. The molecule has 0 unspecified atom stereocenters. The van der Waals surface area contributed by atoms with E-state index in [4.69, 9.17) is 4.74 Å². The molecule has 1 heterocycles. The Kier molecular flexibility index (Phi) is 5.02. The van der Waals surface area contributed by atoms with Crippen LogP contribution < -0.4 is 5.32 Å². The summed E-state index contributed by atoms with van der Waals surface area (Å²) in [6, 6.07) is 4.89. The summed E-state index contributed by atoms with van der Waals surface area (Å²) in [5.74, 6) is -0.855. The van der Waals surface area contributed by atoms with Gasteiger partial charge in [0.05, 0.1) is 22.8 Å². The molecule has 6 nitrogen and oxygen atoms in total. The number of methoxy groups -OCH3 is 1. The molecule has 0 fully saturated rings. The number of benzene rings is 1. The highest BCUT2D eigenvalue weighted by Gasteiger charge is 2.19. The van der Waals surface area contributed by atoms with Crippen LogP contribution in [0.5, 0.6) is 0 Å². The van der Waals surface area contributed by atoms with Crippen LogP contribution in [0, 0.1) is 6.92 Å². The van der Waals surface area contributed by atoms with Crippen molar-refractivity contribution in [3.8, 4) is 0 Å². The first-order valence-corrected chi connectivity index (χ1v) is 7.82. The minimum absolute atomic E-state index is 0.280. The summed E-state index contributed by atoms with van der Waals surface area (Å²) < 4.78 is 7.53. The lowest BCUT2D eigenvalue weighted by Crippen LogP contribution is -2.14. The van der Waals surface area contributed by atoms with Crippen LogP contribution in [-0.4, -0.2) is 28.8 Å². The zero-order valence-corrected chi connectivity index (χ0v) is 15.3. The first kappa shape index (κ1) is 16.7. The number of anilines is 1. The van der Waals surface area contributed by atoms with E-state index in [1.807, 2.05) is 6.92 Å². The number of hydrogen-bond donors (Lipinski definition) is 1. The average Bonchev–Trinajstić information content (AvgIpc) is 2.76. The third-order valence-corrected chi connectivity index (χ3v) is 4.75. The number of nitrogens with zero attached hydrogens (tertiary/aromatic N) is 2. The quantitative estimate of drug-likeness (QED) is 0.758. The zero-order valence-electron chi connectivity index (χ0n) is 12.1. The Hall–Kier alpha value is -1.67. The van der Waals surface area contributed by atoms with E-state index in [9.17, 15) is 9.59 Å². The molecule has 0 atom stereocenters. The van der Waals surface area contributed by atoms with E-state index in [2.05, 4.69) is 42.3 Å². The molecule has 1 aromatic heterocycles. The summed E-state index contributed by atoms with van der Waals surface area (Å²) in [4.78, 5) is 23.9. The molecule has 22 heavy (non-hydrogen) atoms. The van der Waals surface area contributed by atoms with Crippen molar-refractivity contribution in [3.63, 3.8) is 0 Å². The van der Waals surface area contributed by atoms with Crippen molar-refractivity contribution in [2.75, 3.05) is 12.4 Å². The summed E-state index contributed by atoms with van der Waals surface area (Å²) in [5, 5.41) is 6.87. The van der Waals surface area contributed by atoms with Crippen LogP contribution in [0.2, 0.25) is 0 Å². The molecule has 1 N–H and O–H groups in total. The van der Waals surface area contributed by atoms with Gasteiger partial charge in [0.25, 0.3) is 5.91 Å². The summed E-state index contributed by atoms with van der Waals surface area (Å²) in [6.45, 7) is 1.85.